The molecule has 0 spiro atoms. The highest BCUT2D eigenvalue weighted by Gasteiger charge is 2.25. The van der Waals surface area contributed by atoms with Gasteiger partial charge >= 0.3 is 0 Å². The monoisotopic (exact) mass is 377 g/mol. The summed E-state index contributed by atoms with van der Waals surface area (Å²) in [4.78, 5) is 6.42. The number of anilines is 1. The Morgan fingerprint density at radius 3 is 2.82 bits per heavy atom. The van der Waals surface area contributed by atoms with Gasteiger partial charge in [0.05, 0.1) is 5.56 Å². The highest BCUT2D eigenvalue weighted by molar-refractivity contribution is 6.11. The Morgan fingerprint density at radius 2 is 2.00 bits per heavy atom. The number of ether oxygens (including phenoxy) is 1. The zero-order valence-electron chi connectivity index (χ0n) is 15.5. The highest BCUT2D eigenvalue weighted by atomic mass is 19.1. The summed E-state index contributed by atoms with van der Waals surface area (Å²) in [7, 11) is 0. The molecule has 3 aromatic rings. The molecule has 4 rings (SSSR count). The fraction of sp³-hybridized carbons (Fsp3) is 0.182. The van der Waals surface area contributed by atoms with E-state index in [4.69, 9.17) is 4.74 Å². The van der Waals surface area contributed by atoms with Gasteiger partial charge in [0.15, 0.2) is 5.84 Å². The van der Waals surface area contributed by atoms with Crippen molar-refractivity contribution in [2.45, 2.75) is 19.8 Å². The number of hydrogen-bond acceptors (Lipinski definition) is 4. The maximum atomic E-state index is 13.6. The van der Waals surface area contributed by atoms with Crippen LogP contribution in [0.2, 0.25) is 0 Å². The Kier molecular flexibility index (Phi) is 4.93. The van der Waals surface area contributed by atoms with Crippen LogP contribution in [-0.2, 0) is 6.42 Å². The van der Waals surface area contributed by atoms with Gasteiger partial charge < -0.3 is 14.8 Å². The van der Waals surface area contributed by atoms with E-state index < -0.39 is 5.82 Å². The number of halogens is 1. The minimum absolute atomic E-state index is 0.265. The smallest absolute Gasteiger partial charge is 0.230 e. The maximum absolute atomic E-state index is 13.6. The van der Waals surface area contributed by atoms with E-state index in [1.165, 1.54) is 17.7 Å². The number of pyridine rings is 1. The van der Waals surface area contributed by atoms with Gasteiger partial charge in [0, 0.05) is 24.0 Å². The van der Waals surface area contributed by atoms with Crippen LogP contribution in [0.4, 0.5) is 10.1 Å². The number of nitrogens with zero attached hydrogens (tertiary/aromatic N) is 3. The van der Waals surface area contributed by atoms with Gasteiger partial charge in [-0.2, -0.15) is 0 Å². The number of aromatic nitrogens is 1. The van der Waals surface area contributed by atoms with Crippen molar-refractivity contribution in [3.63, 3.8) is 0 Å². The first-order valence-electron chi connectivity index (χ1n) is 9.14. The van der Waals surface area contributed by atoms with Gasteiger partial charge in [0.25, 0.3) is 0 Å². The van der Waals surface area contributed by atoms with E-state index in [9.17, 15) is 9.60 Å². The van der Waals surface area contributed by atoms with Crippen molar-refractivity contribution in [3.8, 4) is 11.6 Å². The lowest BCUT2D eigenvalue weighted by Crippen LogP contribution is -2.36. The standard InChI is InChI=1S/C22H20FN3O2/c1-15-11-12-19(22(24-15)28-18-9-4-8-17(23)14-18)21(25-27)26-13-5-7-16-6-2-3-10-20(16)26/h2-4,6,8-12,14,27H,5,7,13H2,1H3/b25-21-. The Balaban J connectivity index is 1.76. The zero-order valence-corrected chi connectivity index (χ0v) is 15.5. The van der Waals surface area contributed by atoms with E-state index in [1.54, 1.807) is 12.1 Å². The van der Waals surface area contributed by atoms with Gasteiger partial charge in [-0.3, -0.25) is 0 Å². The Labute approximate surface area is 162 Å². The number of fused-ring (bicyclic) bond motifs is 1. The lowest BCUT2D eigenvalue weighted by Gasteiger charge is -2.31. The van der Waals surface area contributed by atoms with Crippen molar-refractivity contribution < 1.29 is 14.3 Å². The fourth-order valence-corrected chi connectivity index (χ4v) is 3.43. The lowest BCUT2D eigenvalue weighted by molar-refractivity contribution is 0.317. The van der Waals surface area contributed by atoms with Crippen LogP contribution in [0.25, 0.3) is 0 Å². The van der Waals surface area contributed by atoms with Crippen LogP contribution >= 0.6 is 0 Å². The number of rotatable bonds is 3. The van der Waals surface area contributed by atoms with Crippen molar-refractivity contribution in [2.75, 3.05) is 11.4 Å². The molecule has 0 amide bonds. The predicted octanol–water partition coefficient (Wildman–Crippen LogP) is 4.91. The van der Waals surface area contributed by atoms with E-state index in [2.05, 4.69) is 16.2 Å². The molecule has 2 heterocycles. The minimum Gasteiger partial charge on any atom is -0.438 e. The van der Waals surface area contributed by atoms with Crippen molar-refractivity contribution in [2.24, 2.45) is 5.16 Å². The second-order valence-electron chi connectivity index (χ2n) is 6.67. The second kappa shape index (κ2) is 7.68. The third-order valence-electron chi connectivity index (χ3n) is 4.71. The maximum Gasteiger partial charge on any atom is 0.230 e. The van der Waals surface area contributed by atoms with Gasteiger partial charge in [0.1, 0.15) is 11.6 Å². The molecule has 0 unspecified atom stereocenters. The first kappa shape index (κ1) is 18.0. The first-order valence-corrected chi connectivity index (χ1v) is 9.14. The van der Waals surface area contributed by atoms with Gasteiger partial charge in [-0.25, -0.2) is 9.37 Å². The summed E-state index contributed by atoms with van der Waals surface area (Å²) in [6, 6.07) is 17.6. The average Bonchev–Trinajstić information content (AvgIpc) is 2.70. The van der Waals surface area contributed by atoms with E-state index in [1.807, 2.05) is 42.2 Å². The quantitative estimate of drug-likeness (QED) is 0.305. The lowest BCUT2D eigenvalue weighted by atomic mass is 10.0. The van der Waals surface area contributed by atoms with Crippen molar-refractivity contribution >= 4 is 11.5 Å². The molecule has 0 saturated heterocycles. The summed E-state index contributed by atoms with van der Waals surface area (Å²) >= 11 is 0. The molecule has 0 aliphatic carbocycles. The number of oxime groups is 1. The topological polar surface area (TPSA) is 58.0 Å². The van der Waals surface area contributed by atoms with Crippen LogP contribution in [0.15, 0.2) is 65.8 Å². The Morgan fingerprint density at radius 1 is 1.14 bits per heavy atom. The molecule has 0 atom stereocenters. The minimum atomic E-state index is -0.396. The molecule has 0 saturated carbocycles. The summed E-state index contributed by atoms with van der Waals surface area (Å²) in [5, 5.41) is 13.4. The molecule has 1 aliphatic heterocycles. The molecular formula is C22H20FN3O2. The van der Waals surface area contributed by atoms with E-state index in [-0.39, 0.29) is 5.88 Å². The van der Waals surface area contributed by atoms with Gasteiger partial charge in [0.2, 0.25) is 5.88 Å². The molecule has 1 N–H and O–H groups in total. The van der Waals surface area contributed by atoms with Crippen LogP contribution in [-0.4, -0.2) is 22.6 Å². The normalized spacial score (nSPS) is 13.9. The van der Waals surface area contributed by atoms with Gasteiger partial charge in [-0.05, 0) is 55.7 Å². The molecule has 0 bridgehead atoms. The third kappa shape index (κ3) is 3.53. The van der Waals surface area contributed by atoms with Gasteiger partial charge in [-0.1, -0.05) is 29.4 Å². The predicted molar refractivity (Wildman–Crippen MR) is 106 cm³/mol. The van der Waals surface area contributed by atoms with Crippen molar-refractivity contribution in [3.05, 3.63) is 83.3 Å². The van der Waals surface area contributed by atoms with E-state index in [0.29, 0.717) is 23.7 Å². The molecule has 0 radical (unpaired) electrons. The number of hydrogen-bond donors (Lipinski definition) is 1. The number of para-hydroxylation sites is 1. The Hall–Kier alpha value is -3.41. The average molecular weight is 377 g/mol. The molecule has 28 heavy (non-hydrogen) atoms. The molecule has 142 valence electrons. The largest absolute Gasteiger partial charge is 0.438 e. The zero-order chi connectivity index (χ0) is 19.5. The summed E-state index contributed by atoms with van der Waals surface area (Å²) in [5.74, 6) is 0.552. The number of benzene rings is 2. The van der Waals surface area contributed by atoms with Crippen LogP contribution in [0, 0.1) is 12.7 Å². The van der Waals surface area contributed by atoms with Crippen molar-refractivity contribution in [1.82, 2.24) is 4.98 Å². The van der Waals surface area contributed by atoms with Crippen LogP contribution in [0.3, 0.4) is 0 Å². The summed E-state index contributed by atoms with van der Waals surface area (Å²) in [6.07, 6.45) is 1.92. The molecule has 1 aliphatic rings. The van der Waals surface area contributed by atoms with E-state index >= 15 is 0 Å². The van der Waals surface area contributed by atoms with Crippen LogP contribution in [0.5, 0.6) is 11.6 Å². The van der Waals surface area contributed by atoms with Crippen molar-refractivity contribution in [1.29, 1.82) is 0 Å². The number of aryl methyl sites for hydroxylation is 2. The molecule has 6 heteroatoms. The van der Waals surface area contributed by atoms with E-state index in [0.717, 1.165) is 24.2 Å². The molecule has 1 aromatic heterocycles. The fourth-order valence-electron chi connectivity index (χ4n) is 3.43. The third-order valence-corrected chi connectivity index (χ3v) is 4.71. The number of amidine groups is 1. The molecule has 0 fully saturated rings. The van der Waals surface area contributed by atoms with Crippen LogP contribution in [0.1, 0.15) is 23.2 Å². The second-order valence-corrected chi connectivity index (χ2v) is 6.67. The molecule has 5 nitrogen and oxygen atoms in total. The highest BCUT2D eigenvalue weighted by Crippen LogP contribution is 2.31. The summed E-state index contributed by atoms with van der Waals surface area (Å²) < 4.78 is 19.4. The Bertz CT molecular complexity index is 1040. The van der Waals surface area contributed by atoms with Crippen LogP contribution < -0.4 is 9.64 Å². The summed E-state index contributed by atoms with van der Waals surface area (Å²) in [5.41, 5.74) is 3.47. The SMILES string of the molecule is Cc1ccc(/C(=N/O)N2CCCc3ccccc32)c(Oc2cccc(F)c2)n1. The molecular weight excluding hydrogens is 357 g/mol. The first-order chi connectivity index (χ1) is 13.7. The molecule has 2 aromatic carbocycles. The van der Waals surface area contributed by atoms with Gasteiger partial charge in [-0.15, -0.1) is 0 Å². The summed E-state index contributed by atoms with van der Waals surface area (Å²) in [6.45, 7) is 2.55.